The molecule has 0 spiro atoms. The Morgan fingerprint density at radius 1 is 0.435 bits per heavy atom. The summed E-state index contributed by atoms with van der Waals surface area (Å²) in [6.45, 7) is 2.62. The standard InChI is InChI=1S/C71H117NO13/c1-3-5-7-9-11-13-15-17-19-21-23-25-27-29-30-31-33-35-37-39-41-43-45-47-49-51-53-55-63(76)72-59(58-82-70-68(81)66(79)69(62(57-74)84-70)85-71-67(80)65(78)64(77)61(56-73)83-71)60(75)54-52-50-48-46-44-42-40-38-36-34-32-28-26-24-22-20-18-16-14-12-10-8-6-4-2/h5,7,11,13,17,19,23,25,29-30,33,35-36,38-39,41,44-47,52,54,59-62,64-71,73-75,77-81H,3-4,6,8-10,12,14-16,18,20-22,24,26-28,31-32,34,37,40,42-43,48-51,53,55-58H2,1-2H3,(H,72,76)/b7-5-,13-11-,19-17-,25-23-,30-29-,35-33-,38-36+,41-39-,46-44+,47-45-,54-52+. The summed E-state index contributed by atoms with van der Waals surface area (Å²) in [6, 6.07) is -0.973. The predicted octanol–water partition coefficient (Wildman–Crippen LogP) is 12.7. The summed E-state index contributed by atoms with van der Waals surface area (Å²) in [7, 11) is 0. The van der Waals surface area contributed by atoms with Gasteiger partial charge >= 0.3 is 0 Å². The zero-order chi connectivity index (χ0) is 61.6. The van der Waals surface area contributed by atoms with E-state index < -0.39 is 86.8 Å². The van der Waals surface area contributed by atoms with Crippen molar-refractivity contribution in [1.29, 1.82) is 0 Å². The zero-order valence-corrected chi connectivity index (χ0v) is 52.3. The third kappa shape index (κ3) is 38.9. The number of rotatable bonds is 51. The molecule has 0 saturated carbocycles. The van der Waals surface area contributed by atoms with Crippen LogP contribution in [0.2, 0.25) is 0 Å². The van der Waals surface area contributed by atoms with Gasteiger partial charge in [-0.3, -0.25) is 4.79 Å². The maximum Gasteiger partial charge on any atom is 0.220 e. The average Bonchev–Trinajstić information content (AvgIpc) is 3.68. The molecule has 0 aromatic rings. The first-order chi connectivity index (χ1) is 41.6. The summed E-state index contributed by atoms with van der Waals surface area (Å²) in [5.74, 6) is -0.301. The molecule has 2 saturated heterocycles. The first-order valence-corrected chi connectivity index (χ1v) is 32.9. The molecule has 2 aliphatic heterocycles. The lowest BCUT2D eigenvalue weighted by molar-refractivity contribution is -0.359. The number of aliphatic hydroxyl groups excluding tert-OH is 8. The minimum absolute atomic E-state index is 0.205. The lowest BCUT2D eigenvalue weighted by atomic mass is 9.97. The molecule has 484 valence electrons. The molecule has 0 bridgehead atoms. The topological polar surface area (TPSA) is 228 Å². The van der Waals surface area contributed by atoms with Crippen molar-refractivity contribution in [2.24, 2.45) is 0 Å². The second-order valence-corrected chi connectivity index (χ2v) is 22.5. The fraction of sp³-hybridized carbons (Fsp3) is 0.676. The van der Waals surface area contributed by atoms with Crippen molar-refractivity contribution in [2.75, 3.05) is 19.8 Å². The Balaban J connectivity index is 1.79. The summed E-state index contributed by atoms with van der Waals surface area (Å²) >= 11 is 0. The van der Waals surface area contributed by atoms with Gasteiger partial charge in [0.2, 0.25) is 5.91 Å². The SMILES string of the molecule is CC/C=C\C/C=C\C/C=C\C/C=C\C/C=C\C/C=C\C/C=C\C/C=C\CCCCC(=O)NC(COC1OC(CO)C(OC2OC(CO)C(O)C(O)C2O)C(O)C1O)C(O)/C=C/CC/C=C/CC/C=C/CCCCCCCCCCCCCCCC. The lowest BCUT2D eigenvalue weighted by Gasteiger charge is -2.46. The van der Waals surface area contributed by atoms with Crippen LogP contribution in [0.1, 0.15) is 213 Å². The maximum atomic E-state index is 13.3. The van der Waals surface area contributed by atoms with Gasteiger partial charge in [-0.05, 0) is 109 Å². The van der Waals surface area contributed by atoms with Crippen LogP contribution in [0.4, 0.5) is 0 Å². The van der Waals surface area contributed by atoms with E-state index in [2.05, 4.69) is 141 Å². The molecule has 0 aromatic heterocycles. The largest absolute Gasteiger partial charge is 0.394 e. The number of nitrogens with one attached hydrogen (secondary N) is 1. The van der Waals surface area contributed by atoms with Crippen LogP contribution in [0.5, 0.6) is 0 Å². The monoisotopic (exact) mass is 1190 g/mol. The van der Waals surface area contributed by atoms with Gasteiger partial charge in [-0.15, -0.1) is 0 Å². The highest BCUT2D eigenvalue weighted by molar-refractivity contribution is 5.76. The van der Waals surface area contributed by atoms with Crippen LogP contribution in [0.15, 0.2) is 134 Å². The lowest BCUT2D eigenvalue weighted by Crippen LogP contribution is -2.65. The maximum absolute atomic E-state index is 13.3. The van der Waals surface area contributed by atoms with Gasteiger partial charge in [-0.1, -0.05) is 231 Å². The van der Waals surface area contributed by atoms with E-state index in [9.17, 15) is 45.6 Å². The predicted molar refractivity (Wildman–Crippen MR) is 345 cm³/mol. The van der Waals surface area contributed by atoms with Crippen molar-refractivity contribution < 1.29 is 64.6 Å². The summed E-state index contributed by atoms with van der Waals surface area (Å²) < 4.78 is 22.8. The molecule has 2 aliphatic rings. The highest BCUT2D eigenvalue weighted by atomic mass is 16.7. The third-order valence-electron chi connectivity index (χ3n) is 15.0. The molecule has 9 N–H and O–H groups in total. The first-order valence-electron chi connectivity index (χ1n) is 32.9. The first kappa shape index (κ1) is 77.2. The molecule has 14 nitrogen and oxygen atoms in total. The van der Waals surface area contributed by atoms with E-state index >= 15 is 0 Å². The van der Waals surface area contributed by atoms with E-state index in [1.807, 2.05) is 6.08 Å². The summed E-state index contributed by atoms with van der Waals surface area (Å²) in [5, 5.41) is 87.2. The number of amides is 1. The van der Waals surface area contributed by atoms with Gasteiger partial charge in [0.05, 0.1) is 32.0 Å². The summed E-state index contributed by atoms with van der Waals surface area (Å²) in [6.07, 6.45) is 63.5. The Morgan fingerprint density at radius 3 is 1.29 bits per heavy atom. The van der Waals surface area contributed by atoms with Crippen molar-refractivity contribution in [2.45, 2.75) is 286 Å². The van der Waals surface area contributed by atoms with Crippen molar-refractivity contribution in [3.05, 3.63) is 134 Å². The molecule has 14 heteroatoms. The van der Waals surface area contributed by atoms with Crippen LogP contribution in [0.3, 0.4) is 0 Å². The number of ether oxygens (including phenoxy) is 4. The minimum Gasteiger partial charge on any atom is -0.394 e. The molecule has 0 radical (unpaired) electrons. The number of hydrogen-bond donors (Lipinski definition) is 9. The normalized spacial score (nSPS) is 24.4. The molecule has 85 heavy (non-hydrogen) atoms. The Bertz CT molecular complexity index is 1940. The smallest absolute Gasteiger partial charge is 0.220 e. The molecular weight excluding hydrogens is 1070 g/mol. The van der Waals surface area contributed by atoms with E-state index in [4.69, 9.17) is 18.9 Å². The Morgan fingerprint density at radius 2 is 0.824 bits per heavy atom. The molecular formula is C71H117NO13. The van der Waals surface area contributed by atoms with Crippen LogP contribution in [0, 0.1) is 0 Å². The minimum atomic E-state index is -1.80. The molecule has 12 unspecified atom stereocenters. The second-order valence-electron chi connectivity index (χ2n) is 22.5. The van der Waals surface area contributed by atoms with Gasteiger partial charge in [0.1, 0.15) is 48.8 Å². The van der Waals surface area contributed by atoms with Gasteiger partial charge in [0, 0.05) is 6.42 Å². The van der Waals surface area contributed by atoms with Crippen molar-refractivity contribution >= 4 is 5.91 Å². The Hall–Kier alpha value is -3.87. The molecule has 12 atom stereocenters. The van der Waals surface area contributed by atoms with Gasteiger partial charge in [-0.25, -0.2) is 0 Å². The second kappa shape index (κ2) is 54.3. The third-order valence-corrected chi connectivity index (χ3v) is 15.0. The van der Waals surface area contributed by atoms with Gasteiger partial charge in [0.15, 0.2) is 12.6 Å². The van der Waals surface area contributed by atoms with E-state index in [0.717, 1.165) is 89.9 Å². The highest BCUT2D eigenvalue weighted by Crippen LogP contribution is 2.30. The van der Waals surface area contributed by atoms with Crippen LogP contribution >= 0.6 is 0 Å². The van der Waals surface area contributed by atoms with Gasteiger partial charge in [0.25, 0.3) is 0 Å². The van der Waals surface area contributed by atoms with E-state index in [0.29, 0.717) is 12.8 Å². The van der Waals surface area contributed by atoms with Crippen LogP contribution in [-0.4, -0.2) is 140 Å². The Kier molecular flexibility index (Phi) is 49.3. The van der Waals surface area contributed by atoms with Gasteiger partial charge < -0.3 is 65.1 Å². The van der Waals surface area contributed by atoms with E-state index in [1.165, 1.54) is 89.9 Å². The molecule has 1 amide bonds. The molecule has 0 aliphatic carbocycles. The molecule has 0 aromatic carbocycles. The fourth-order valence-corrected chi connectivity index (χ4v) is 9.81. The number of allylic oxidation sites excluding steroid dienone is 21. The van der Waals surface area contributed by atoms with Crippen molar-refractivity contribution in [1.82, 2.24) is 5.32 Å². The number of aliphatic hydroxyl groups is 8. The van der Waals surface area contributed by atoms with Crippen LogP contribution in [-0.2, 0) is 23.7 Å². The number of carbonyl (C=O) groups is 1. The molecule has 2 heterocycles. The Labute approximate surface area is 513 Å². The van der Waals surface area contributed by atoms with Crippen LogP contribution < -0.4 is 5.32 Å². The quantitative estimate of drug-likeness (QED) is 0.0204. The number of unbranched alkanes of at least 4 members (excludes halogenated alkanes) is 18. The highest BCUT2D eigenvalue weighted by Gasteiger charge is 2.51. The average molecular weight is 1190 g/mol. The summed E-state index contributed by atoms with van der Waals surface area (Å²) in [4.78, 5) is 13.3. The number of hydrogen-bond acceptors (Lipinski definition) is 13. The fourth-order valence-electron chi connectivity index (χ4n) is 9.81. The van der Waals surface area contributed by atoms with E-state index in [-0.39, 0.29) is 18.9 Å². The van der Waals surface area contributed by atoms with Crippen LogP contribution in [0.25, 0.3) is 0 Å². The van der Waals surface area contributed by atoms with E-state index in [1.54, 1.807) is 6.08 Å². The van der Waals surface area contributed by atoms with Crippen molar-refractivity contribution in [3.8, 4) is 0 Å². The molecule has 2 fully saturated rings. The molecule has 2 rings (SSSR count). The zero-order valence-electron chi connectivity index (χ0n) is 52.3. The van der Waals surface area contributed by atoms with Gasteiger partial charge in [-0.2, -0.15) is 0 Å². The summed E-state index contributed by atoms with van der Waals surface area (Å²) in [5.41, 5.74) is 0. The number of carbonyl (C=O) groups excluding carboxylic acids is 1. The van der Waals surface area contributed by atoms with Crippen molar-refractivity contribution in [3.63, 3.8) is 0 Å².